The SMILES string of the molecule is Cc1cc(N=Cc2ccc(C)n2C)ccc1F. The van der Waals surface area contributed by atoms with Gasteiger partial charge in [0.05, 0.1) is 17.6 Å². The Hall–Kier alpha value is -1.90. The van der Waals surface area contributed by atoms with E-state index in [1.165, 1.54) is 11.8 Å². The second-order valence-electron chi connectivity index (χ2n) is 4.15. The number of nitrogens with zero attached hydrogens (tertiary/aromatic N) is 2. The van der Waals surface area contributed by atoms with Crippen molar-refractivity contribution in [2.75, 3.05) is 0 Å². The van der Waals surface area contributed by atoms with Crippen LogP contribution in [0.5, 0.6) is 0 Å². The molecule has 1 aromatic carbocycles. The first kappa shape index (κ1) is 11.6. The van der Waals surface area contributed by atoms with Gasteiger partial charge in [-0.1, -0.05) is 0 Å². The van der Waals surface area contributed by atoms with Gasteiger partial charge in [0.25, 0.3) is 0 Å². The van der Waals surface area contributed by atoms with Gasteiger partial charge in [0, 0.05) is 12.7 Å². The summed E-state index contributed by atoms with van der Waals surface area (Å²) in [5, 5.41) is 0. The number of hydrogen-bond acceptors (Lipinski definition) is 1. The largest absolute Gasteiger partial charge is 0.347 e. The Morgan fingerprint density at radius 1 is 1.18 bits per heavy atom. The van der Waals surface area contributed by atoms with E-state index in [9.17, 15) is 4.39 Å². The first-order chi connectivity index (χ1) is 8.08. The maximum Gasteiger partial charge on any atom is 0.126 e. The molecule has 2 rings (SSSR count). The minimum absolute atomic E-state index is 0.196. The van der Waals surface area contributed by atoms with Gasteiger partial charge in [0.1, 0.15) is 5.82 Å². The minimum atomic E-state index is -0.196. The molecule has 2 nitrogen and oxygen atoms in total. The van der Waals surface area contributed by atoms with Crippen molar-refractivity contribution >= 4 is 11.9 Å². The highest BCUT2D eigenvalue weighted by Crippen LogP contribution is 2.16. The zero-order valence-electron chi connectivity index (χ0n) is 10.2. The van der Waals surface area contributed by atoms with Crippen LogP contribution in [0.3, 0.4) is 0 Å². The summed E-state index contributed by atoms with van der Waals surface area (Å²) in [6, 6.07) is 8.90. The summed E-state index contributed by atoms with van der Waals surface area (Å²) in [5.41, 5.74) is 3.59. The van der Waals surface area contributed by atoms with Crippen molar-refractivity contribution in [3.05, 3.63) is 53.1 Å². The van der Waals surface area contributed by atoms with Crippen molar-refractivity contribution in [2.24, 2.45) is 12.0 Å². The number of halogens is 1. The van der Waals surface area contributed by atoms with Crippen LogP contribution in [0.4, 0.5) is 10.1 Å². The number of rotatable bonds is 2. The van der Waals surface area contributed by atoms with Crippen LogP contribution in [0.2, 0.25) is 0 Å². The van der Waals surface area contributed by atoms with E-state index in [1.54, 1.807) is 25.3 Å². The van der Waals surface area contributed by atoms with Gasteiger partial charge >= 0.3 is 0 Å². The molecule has 17 heavy (non-hydrogen) atoms. The lowest BCUT2D eigenvalue weighted by atomic mass is 10.2. The maximum absolute atomic E-state index is 13.1. The van der Waals surface area contributed by atoms with Gasteiger partial charge < -0.3 is 4.57 Å². The van der Waals surface area contributed by atoms with Gasteiger partial charge in [-0.25, -0.2) is 4.39 Å². The minimum Gasteiger partial charge on any atom is -0.347 e. The molecule has 1 aromatic heterocycles. The van der Waals surface area contributed by atoms with E-state index in [1.807, 2.05) is 26.1 Å². The van der Waals surface area contributed by atoms with Crippen molar-refractivity contribution in [2.45, 2.75) is 13.8 Å². The van der Waals surface area contributed by atoms with Crippen LogP contribution in [0.1, 0.15) is 17.0 Å². The topological polar surface area (TPSA) is 17.3 Å². The summed E-state index contributed by atoms with van der Waals surface area (Å²) in [6.45, 7) is 3.78. The molecule has 88 valence electrons. The van der Waals surface area contributed by atoms with E-state index < -0.39 is 0 Å². The van der Waals surface area contributed by atoms with Crippen LogP contribution < -0.4 is 0 Å². The predicted octanol–water partition coefficient (Wildman–Crippen LogP) is 3.53. The Kier molecular flexibility index (Phi) is 3.09. The summed E-state index contributed by atoms with van der Waals surface area (Å²) in [5.74, 6) is -0.196. The fourth-order valence-electron chi connectivity index (χ4n) is 1.61. The quantitative estimate of drug-likeness (QED) is 0.702. The van der Waals surface area contributed by atoms with Gasteiger partial charge in [-0.05, 0) is 49.7 Å². The van der Waals surface area contributed by atoms with Gasteiger partial charge in [0.2, 0.25) is 0 Å². The number of benzene rings is 1. The van der Waals surface area contributed by atoms with Crippen LogP contribution in [-0.2, 0) is 7.05 Å². The van der Waals surface area contributed by atoms with E-state index in [4.69, 9.17) is 0 Å². The van der Waals surface area contributed by atoms with Crippen molar-refractivity contribution in [1.82, 2.24) is 4.57 Å². The van der Waals surface area contributed by atoms with Gasteiger partial charge in [-0.15, -0.1) is 0 Å². The fourth-order valence-corrected chi connectivity index (χ4v) is 1.61. The molecule has 1 heterocycles. The third-order valence-electron chi connectivity index (χ3n) is 2.90. The molecule has 0 radical (unpaired) electrons. The zero-order chi connectivity index (χ0) is 12.4. The predicted molar refractivity (Wildman–Crippen MR) is 68.5 cm³/mol. The molecule has 0 amide bonds. The van der Waals surface area contributed by atoms with Crippen LogP contribution in [0, 0.1) is 19.7 Å². The Balaban J connectivity index is 2.26. The second kappa shape index (κ2) is 4.53. The molecular weight excluding hydrogens is 215 g/mol. The molecule has 0 atom stereocenters. The molecule has 0 saturated heterocycles. The van der Waals surface area contributed by atoms with E-state index in [-0.39, 0.29) is 5.82 Å². The second-order valence-corrected chi connectivity index (χ2v) is 4.15. The molecule has 0 aliphatic heterocycles. The normalized spacial score (nSPS) is 11.3. The van der Waals surface area contributed by atoms with Crippen LogP contribution in [0.25, 0.3) is 0 Å². The Labute approximate surface area is 100 Å². The average Bonchev–Trinajstić information content (AvgIpc) is 2.62. The Morgan fingerprint density at radius 3 is 2.53 bits per heavy atom. The average molecular weight is 230 g/mol. The molecule has 3 heteroatoms. The lowest BCUT2D eigenvalue weighted by molar-refractivity contribution is 0.618. The molecule has 0 aliphatic rings. The maximum atomic E-state index is 13.1. The molecule has 0 N–H and O–H groups in total. The number of aryl methyl sites for hydroxylation is 2. The Morgan fingerprint density at radius 2 is 1.94 bits per heavy atom. The molecule has 0 spiro atoms. The molecule has 0 bridgehead atoms. The van der Waals surface area contributed by atoms with Crippen molar-refractivity contribution in [3.8, 4) is 0 Å². The number of aliphatic imine (C=N–C) groups is 1. The first-order valence-corrected chi connectivity index (χ1v) is 5.50. The van der Waals surface area contributed by atoms with E-state index >= 15 is 0 Å². The fraction of sp³-hybridized carbons (Fsp3) is 0.214. The lowest BCUT2D eigenvalue weighted by Gasteiger charge is -2.00. The highest BCUT2D eigenvalue weighted by atomic mass is 19.1. The van der Waals surface area contributed by atoms with Crippen molar-refractivity contribution in [1.29, 1.82) is 0 Å². The van der Waals surface area contributed by atoms with Crippen LogP contribution >= 0.6 is 0 Å². The van der Waals surface area contributed by atoms with E-state index in [0.29, 0.717) is 5.56 Å². The Bertz CT molecular complexity index is 568. The lowest BCUT2D eigenvalue weighted by Crippen LogP contribution is -1.96. The summed E-state index contributed by atoms with van der Waals surface area (Å²) in [4.78, 5) is 4.34. The monoisotopic (exact) mass is 230 g/mol. The molecule has 0 fully saturated rings. The van der Waals surface area contributed by atoms with E-state index in [0.717, 1.165) is 11.4 Å². The molecule has 0 saturated carbocycles. The van der Waals surface area contributed by atoms with Crippen molar-refractivity contribution in [3.63, 3.8) is 0 Å². The van der Waals surface area contributed by atoms with E-state index in [2.05, 4.69) is 9.56 Å². The third kappa shape index (κ3) is 2.44. The van der Waals surface area contributed by atoms with Crippen LogP contribution in [0.15, 0.2) is 35.3 Å². The smallest absolute Gasteiger partial charge is 0.126 e. The highest BCUT2D eigenvalue weighted by Gasteiger charge is 1.99. The van der Waals surface area contributed by atoms with Gasteiger partial charge in [-0.3, -0.25) is 4.99 Å². The van der Waals surface area contributed by atoms with Crippen LogP contribution in [-0.4, -0.2) is 10.8 Å². The highest BCUT2D eigenvalue weighted by molar-refractivity contribution is 5.80. The van der Waals surface area contributed by atoms with Crippen molar-refractivity contribution < 1.29 is 4.39 Å². The number of hydrogen-bond donors (Lipinski definition) is 0. The van der Waals surface area contributed by atoms with Gasteiger partial charge in [0.15, 0.2) is 0 Å². The standard InChI is InChI=1S/C14H15FN2/c1-10-8-12(5-7-14(10)15)16-9-13-6-4-11(2)17(13)3/h4-9H,1-3H3. The zero-order valence-corrected chi connectivity index (χ0v) is 10.2. The third-order valence-corrected chi connectivity index (χ3v) is 2.90. The summed E-state index contributed by atoms with van der Waals surface area (Å²) >= 11 is 0. The number of aromatic nitrogens is 1. The molecular formula is C14H15FN2. The molecule has 0 aliphatic carbocycles. The summed E-state index contributed by atoms with van der Waals surface area (Å²) < 4.78 is 15.1. The molecule has 0 unspecified atom stereocenters. The summed E-state index contributed by atoms with van der Waals surface area (Å²) in [6.07, 6.45) is 1.79. The summed E-state index contributed by atoms with van der Waals surface area (Å²) in [7, 11) is 1.99. The molecule has 2 aromatic rings. The first-order valence-electron chi connectivity index (χ1n) is 5.50. The van der Waals surface area contributed by atoms with Gasteiger partial charge in [-0.2, -0.15) is 0 Å².